The molecule has 88 valence electrons. The van der Waals surface area contributed by atoms with Gasteiger partial charge in [-0.1, -0.05) is 6.07 Å². The van der Waals surface area contributed by atoms with E-state index >= 15 is 0 Å². The van der Waals surface area contributed by atoms with Gasteiger partial charge in [-0.25, -0.2) is 0 Å². The molecule has 0 atom stereocenters. The maximum absolute atomic E-state index is 5.80. The molecule has 0 bridgehead atoms. The van der Waals surface area contributed by atoms with Crippen LogP contribution in [0.5, 0.6) is 0 Å². The van der Waals surface area contributed by atoms with Crippen LogP contribution in [-0.2, 0) is 0 Å². The zero-order chi connectivity index (χ0) is 12.3. The molecule has 2 aromatic rings. The molecular weight excluding hydrogens is 228 g/mol. The quantitative estimate of drug-likeness (QED) is 0.632. The molecule has 0 heterocycles. The molecule has 0 aliphatic heterocycles. The summed E-state index contributed by atoms with van der Waals surface area (Å²) in [5, 5.41) is 3.38. The van der Waals surface area contributed by atoms with Gasteiger partial charge in [-0.05, 0) is 55.1 Å². The molecule has 0 unspecified atom stereocenters. The summed E-state index contributed by atoms with van der Waals surface area (Å²) in [6.45, 7) is 2.01. The van der Waals surface area contributed by atoms with Crippen molar-refractivity contribution in [2.45, 2.75) is 11.8 Å². The van der Waals surface area contributed by atoms with Crippen molar-refractivity contribution in [3.63, 3.8) is 0 Å². The molecule has 0 aromatic heterocycles. The topological polar surface area (TPSA) is 38.0 Å². The van der Waals surface area contributed by atoms with Crippen LogP contribution in [0.25, 0.3) is 0 Å². The zero-order valence-corrected chi connectivity index (χ0v) is 10.8. The lowest BCUT2D eigenvalue weighted by Gasteiger charge is -2.09. The fourth-order valence-electron chi connectivity index (χ4n) is 1.62. The average Bonchev–Trinajstić information content (AvgIpc) is 2.34. The van der Waals surface area contributed by atoms with E-state index in [2.05, 4.69) is 41.9 Å². The largest absolute Gasteiger partial charge is 0.399 e. The third kappa shape index (κ3) is 2.94. The maximum Gasteiger partial charge on any atom is 0.0395 e. The lowest BCUT2D eigenvalue weighted by molar-refractivity contribution is 1.42. The van der Waals surface area contributed by atoms with Crippen molar-refractivity contribution in [2.24, 2.45) is 0 Å². The van der Waals surface area contributed by atoms with E-state index in [1.807, 2.05) is 19.1 Å². The highest BCUT2D eigenvalue weighted by Gasteiger charge is 1.98. The first kappa shape index (κ1) is 11.9. The number of rotatable bonds is 3. The number of benzene rings is 2. The minimum absolute atomic E-state index is 0.827. The van der Waals surface area contributed by atoms with Gasteiger partial charge < -0.3 is 11.1 Å². The van der Waals surface area contributed by atoms with E-state index in [4.69, 9.17) is 5.73 Å². The van der Waals surface area contributed by atoms with Crippen molar-refractivity contribution in [3.8, 4) is 0 Å². The Kier molecular flexibility index (Phi) is 3.59. The van der Waals surface area contributed by atoms with Gasteiger partial charge in [-0.2, -0.15) is 0 Å². The van der Waals surface area contributed by atoms with Crippen LogP contribution < -0.4 is 11.1 Å². The van der Waals surface area contributed by atoms with Crippen molar-refractivity contribution >= 4 is 28.8 Å². The van der Waals surface area contributed by atoms with Gasteiger partial charge in [-0.15, -0.1) is 11.8 Å². The molecule has 0 radical (unpaired) electrons. The molecule has 3 heteroatoms. The summed E-state index contributed by atoms with van der Waals surface area (Å²) in [6.07, 6.45) is 2.08. The Morgan fingerprint density at radius 2 is 1.82 bits per heavy atom. The number of thioether (sulfide) groups is 1. The van der Waals surface area contributed by atoms with Gasteiger partial charge in [0.2, 0.25) is 0 Å². The van der Waals surface area contributed by atoms with E-state index in [0.717, 1.165) is 22.6 Å². The van der Waals surface area contributed by atoms with Crippen LogP contribution in [0, 0.1) is 6.92 Å². The molecule has 0 saturated heterocycles. The van der Waals surface area contributed by atoms with E-state index in [0.29, 0.717) is 0 Å². The highest BCUT2D eigenvalue weighted by molar-refractivity contribution is 7.98. The standard InChI is InChI=1S/C14H16N2S/c1-10-8-12(6-7-14(10)15)16-11-4-3-5-13(9-11)17-2/h3-9,16H,15H2,1-2H3. The molecule has 2 aromatic carbocycles. The number of hydrogen-bond donors (Lipinski definition) is 2. The summed E-state index contributed by atoms with van der Waals surface area (Å²) in [7, 11) is 0. The van der Waals surface area contributed by atoms with E-state index in [-0.39, 0.29) is 0 Å². The van der Waals surface area contributed by atoms with Crippen LogP contribution in [0.3, 0.4) is 0 Å². The van der Waals surface area contributed by atoms with Crippen molar-refractivity contribution in [2.75, 3.05) is 17.3 Å². The summed E-state index contributed by atoms with van der Waals surface area (Å²) >= 11 is 1.74. The smallest absolute Gasteiger partial charge is 0.0395 e. The van der Waals surface area contributed by atoms with Crippen molar-refractivity contribution in [1.29, 1.82) is 0 Å². The summed E-state index contributed by atoms with van der Waals surface area (Å²) < 4.78 is 0. The second-order valence-corrected chi connectivity index (χ2v) is 4.81. The monoisotopic (exact) mass is 244 g/mol. The van der Waals surface area contributed by atoms with Crippen LogP contribution in [0.15, 0.2) is 47.4 Å². The van der Waals surface area contributed by atoms with Crippen LogP contribution in [0.1, 0.15) is 5.56 Å². The normalized spacial score (nSPS) is 10.2. The number of nitrogen functional groups attached to an aromatic ring is 1. The SMILES string of the molecule is CSc1cccc(Nc2ccc(N)c(C)c2)c1. The molecule has 3 N–H and O–H groups in total. The van der Waals surface area contributed by atoms with Gasteiger partial charge >= 0.3 is 0 Å². The highest BCUT2D eigenvalue weighted by atomic mass is 32.2. The Morgan fingerprint density at radius 1 is 1.06 bits per heavy atom. The fourth-order valence-corrected chi connectivity index (χ4v) is 2.08. The molecule has 0 fully saturated rings. The Bertz CT molecular complexity index is 523. The molecule has 2 rings (SSSR count). The number of aryl methyl sites for hydroxylation is 1. The lowest BCUT2D eigenvalue weighted by Crippen LogP contribution is -1.94. The second-order valence-electron chi connectivity index (χ2n) is 3.93. The van der Waals surface area contributed by atoms with Crippen LogP contribution in [0.2, 0.25) is 0 Å². The van der Waals surface area contributed by atoms with Crippen LogP contribution in [-0.4, -0.2) is 6.26 Å². The number of anilines is 3. The molecule has 0 aliphatic carbocycles. The molecule has 17 heavy (non-hydrogen) atoms. The minimum Gasteiger partial charge on any atom is -0.399 e. The van der Waals surface area contributed by atoms with Crippen LogP contribution >= 0.6 is 11.8 Å². The van der Waals surface area contributed by atoms with Crippen molar-refractivity contribution in [3.05, 3.63) is 48.0 Å². The average molecular weight is 244 g/mol. The molecule has 0 saturated carbocycles. The van der Waals surface area contributed by atoms with Gasteiger partial charge in [0.15, 0.2) is 0 Å². The first-order valence-electron chi connectivity index (χ1n) is 5.46. The first-order valence-corrected chi connectivity index (χ1v) is 6.69. The molecule has 0 spiro atoms. The fraction of sp³-hybridized carbons (Fsp3) is 0.143. The lowest BCUT2D eigenvalue weighted by atomic mass is 10.2. The van der Waals surface area contributed by atoms with Gasteiger partial charge in [0, 0.05) is 22.0 Å². The van der Waals surface area contributed by atoms with Crippen LogP contribution in [0.4, 0.5) is 17.1 Å². The summed E-state index contributed by atoms with van der Waals surface area (Å²) in [4.78, 5) is 1.25. The van der Waals surface area contributed by atoms with Gasteiger partial charge in [0.1, 0.15) is 0 Å². The Hall–Kier alpha value is -1.61. The van der Waals surface area contributed by atoms with Gasteiger partial charge in [-0.3, -0.25) is 0 Å². The molecule has 2 nitrogen and oxygen atoms in total. The number of nitrogens with one attached hydrogen (secondary N) is 1. The molecular formula is C14H16N2S. The molecule has 0 amide bonds. The highest BCUT2D eigenvalue weighted by Crippen LogP contribution is 2.24. The second kappa shape index (κ2) is 5.15. The molecule has 0 aliphatic rings. The van der Waals surface area contributed by atoms with Gasteiger partial charge in [0.25, 0.3) is 0 Å². The van der Waals surface area contributed by atoms with E-state index in [1.54, 1.807) is 11.8 Å². The van der Waals surface area contributed by atoms with E-state index < -0.39 is 0 Å². The first-order chi connectivity index (χ1) is 8.19. The van der Waals surface area contributed by atoms with Gasteiger partial charge in [0.05, 0.1) is 0 Å². The zero-order valence-electron chi connectivity index (χ0n) is 10.0. The predicted octanol–water partition coefficient (Wildman–Crippen LogP) is 4.04. The van der Waals surface area contributed by atoms with Crippen molar-refractivity contribution in [1.82, 2.24) is 0 Å². The Morgan fingerprint density at radius 3 is 2.53 bits per heavy atom. The third-order valence-electron chi connectivity index (χ3n) is 2.63. The van der Waals surface area contributed by atoms with Crippen molar-refractivity contribution < 1.29 is 0 Å². The number of hydrogen-bond acceptors (Lipinski definition) is 3. The summed E-state index contributed by atoms with van der Waals surface area (Å²) in [5.41, 5.74) is 9.88. The minimum atomic E-state index is 0.827. The predicted molar refractivity (Wildman–Crippen MR) is 77.1 cm³/mol. The van der Waals surface area contributed by atoms with E-state index in [9.17, 15) is 0 Å². The summed E-state index contributed by atoms with van der Waals surface area (Å²) in [5.74, 6) is 0. The maximum atomic E-state index is 5.80. The Balaban J connectivity index is 2.22. The Labute approximate surface area is 106 Å². The summed E-state index contributed by atoms with van der Waals surface area (Å²) in [6, 6.07) is 14.3. The number of nitrogens with two attached hydrogens (primary N) is 1. The third-order valence-corrected chi connectivity index (χ3v) is 3.35. The van der Waals surface area contributed by atoms with E-state index in [1.165, 1.54) is 4.90 Å².